The van der Waals surface area contributed by atoms with Crippen molar-refractivity contribution in [3.05, 3.63) is 66.1 Å². The van der Waals surface area contributed by atoms with Crippen LogP contribution in [0, 0.1) is 0 Å². The highest BCUT2D eigenvalue weighted by molar-refractivity contribution is 7.92. The molecule has 5 aromatic rings. The molecule has 0 unspecified atom stereocenters. The van der Waals surface area contributed by atoms with Crippen LogP contribution < -0.4 is 14.2 Å². The van der Waals surface area contributed by atoms with Crippen molar-refractivity contribution in [2.75, 3.05) is 17.9 Å². The number of anilines is 1. The van der Waals surface area contributed by atoms with Gasteiger partial charge in [-0.1, -0.05) is 202 Å². The Hall–Kier alpha value is -4.32. The van der Waals surface area contributed by atoms with Crippen molar-refractivity contribution >= 4 is 21.4 Å². The van der Waals surface area contributed by atoms with Crippen molar-refractivity contribution < 1.29 is 17.9 Å². The molecule has 0 amide bonds. The minimum atomic E-state index is -4.16. The molecule has 0 aliphatic rings. The van der Waals surface area contributed by atoms with Gasteiger partial charge in [0.1, 0.15) is 10.6 Å². The van der Waals surface area contributed by atoms with Gasteiger partial charge >= 0.3 is 0 Å². The molecule has 0 saturated heterocycles. The van der Waals surface area contributed by atoms with E-state index in [0.717, 1.165) is 49.0 Å². The Morgan fingerprint density at radius 2 is 1.24 bits per heavy atom. The predicted molar refractivity (Wildman–Crippen MR) is 273 cm³/mol. The lowest BCUT2D eigenvalue weighted by Gasteiger charge is -2.24. The number of ether oxygens (including phenoxy) is 2. The maximum Gasteiger partial charge on any atom is 0.265 e. The van der Waals surface area contributed by atoms with Crippen molar-refractivity contribution in [2.45, 2.75) is 219 Å². The number of hydrogen-bond donors (Lipinski definition) is 2. The summed E-state index contributed by atoms with van der Waals surface area (Å²) in [6.07, 6.45) is 33.6. The molecule has 66 heavy (non-hydrogen) atoms. The molecule has 0 aliphatic carbocycles. The molecular weight excluding hydrogens is 843 g/mol. The molecule has 0 bridgehead atoms. The first kappa shape index (κ1) is 52.6. The third-order valence-corrected chi connectivity index (χ3v) is 14.0. The molecule has 366 valence electrons. The summed E-state index contributed by atoms with van der Waals surface area (Å²) in [5, 5.41) is 12.6. The molecule has 11 nitrogen and oxygen atoms in total. The van der Waals surface area contributed by atoms with E-state index in [4.69, 9.17) is 19.6 Å². The number of aromatic amines is 1. The summed E-state index contributed by atoms with van der Waals surface area (Å²) in [7, 11) is -4.16. The van der Waals surface area contributed by atoms with Gasteiger partial charge in [-0.05, 0) is 60.1 Å². The van der Waals surface area contributed by atoms with E-state index in [0.29, 0.717) is 41.7 Å². The van der Waals surface area contributed by atoms with E-state index >= 15 is 0 Å². The smallest absolute Gasteiger partial charge is 0.265 e. The van der Waals surface area contributed by atoms with Crippen LogP contribution in [0.3, 0.4) is 0 Å². The molecule has 0 fully saturated rings. The lowest BCUT2D eigenvalue weighted by molar-refractivity contribution is 0.252. The van der Waals surface area contributed by atoms with E-state index in [1.807, 2.05) is 30.5 Å². The first-order valence-electron chi connectivity index (χ1n) is 26.0. The van der Waals surface area contributed by atoms with Gasteiger partial charge in [0.05, 0.1) is 18.9 Å². The summed E-state index contributed by atoms with van der Waals surface area (Å²) in [5.74, 6) is 1.42. The number of nitrogens with one attached hydrogen (secondary N) is 2. The first-order valence-corrected chi connectivity index (χ1v) is 27.5. The highest BCUT2D eigenvalue weighted by atomic mass is 32.2. The zero-order valence-corrected chi connectivity index (χ0v) is 42.8. The van der Waals surface area contributed by atoms with Crippen LogP contribution >= 0.6 is 0 Å². The van der Waals surface area contributed by atoms with Crippen LogP contribution in [0.4, 0.5) is 5.69 Å². The van der Waals surface area contributed by atoms with Crippen LogP contribution in [0.2, 0.25) is 0 Å². The number of hydrogen-bond acceptors (Lipinski definition) is 7. The standard InChI is InChI=1S/C54H85N7O4S/c1-8-10-12-14-16-18-20-22-24-26-28-30-38-64-47-41-45(54(5,6)7)42-48(51(47)65-39-31-29-27-25-23-21-19-17-15-13-11-9-2)66(62,63)59-46-35-32-34-44(40-46)52-56-53-50(60-37-33-36-55-60)49(43(3)4)57-61(53)58-52/h32-37,40-43,57,59H,8-31,38-39H2,1-7H3. The number of benzene rings is 2. The van der Waals surface area contributed by atoms with E-state index in [9.17, 15) is 8.42 Å². The average molecular weight is 928 g/mol. The number of unbranched alkanes of at least 4 members (excludes halogenated alkanes) is 22. The van der Waals surface area contributed by atoms with Crippen molar-refractivity contribution in [3.63, 3.8) is 0 Å². The second kappa shape index (κ2) is 27.5. The Bertz CT molecular complexity index is 2240. The second-order valence-corrected chi connectivity index (χ2v) is 21.5. The van der Waals surface area contributed by atoms with Gasteiger partial charge in [0.25, 0.3) is 10.0 Å². The van der Waals surface area contributed by atoms with Gasteiger partial charge in [-0.25, -0.2) is 18.1 Å². The molecule has 2 aromatic carbocycles. The Kier molecular flexibility index (Phi) is 21.9. The summed E-state index contributed by atoms with van der Waals surface area (Å²) in [6, 6.07) is 12.9. The number of aromatic nitrogens is 6. The molecule has 0 saturated carbocycles. The third-order valence-electron chi connectivity index (χ3n) is 12.7. The SMILES string of the molecule is CCCCCCCCCCCCCCOc1cc(C(C)(C)C)cc(S(=O)(=O)Nc2cccc(-c3nc4c(-n5cccn5)c(C(C)C)[nH]n4n3)c2)c1OCCCCCCCCCCCCCC. The van der Waals surface area contributed by atoms with E-state index in [1.165, 1.54) is 122 Å². The quantitative estimate of drug-likeness (QED) is 0.0393. The minimum Gasteiger partial charge on any atom is -0.490 e. The van der Waals surface area contributed by atoms with Crippen LogP contribution in [0.25, 0.3) is 22.7 Å². The molecule has 5 rings (SSSR count). The number of nitrogens with zero attached hydrogens (tertiary/aromatic N) is 5. The van der Waals surface area contributed by atoms with Gasteiger partial charge in [-0.3, -0.25) is 9.82 Å². The van der Waals surface area contributed by atoms with Crippen LogP contribution in [0.15, 0.2) is 59.8 Å². The van der Waals surface area contributed by atoms with E-state index in [2.05, 4.69) is 63.4 Å². The molecule has 0 spiro atoms. The number of rotatable bonds is 34. The van der Waals surface area contributed by atoms with Crippen molar-refractivity contribution in [1.82, 2.24) is 29.6 Å². The van der Waals surface area contributed by atoms with Crippen molar-refractivity contribution in [1.29, 1.82) is 0 Å². The van der Waals surface area contributed by atoms with E-state index in [1.54, 1.807) is 33.7 Å². The largest absolute Gasteiger partial charge is 0.490 e. The Labute approximate surface area is 398 Å². The molecule has 0 aliphatic heterocycles. The minimum absolute atomic E-state index is 0.0856. The molecule has 0 radical (unpaired) electrons. The third kappa shape index (κ3) is 16.5. The highest BCUT2D eigenvalue weighted by Gasteiger charge is 2.29. The van der Waals surface area contributed by atoms with Crippen LogP contribution in [-0.4, -0.2) is 51.2 Å². The van der Waals surface area contributed by atoms with Gasteiger partial charge in [-0.15, -0.1) is 5.10 Å². The summed E-state index contributed by atoms with van der Waals surface area (Å²) in [6.45, 7) is 16.0. The number of H-pyrrole nitrogens is 1. The fourth-order valence-corrected chi connectivity index (χ4v) is 9.85. The van der Waals surface area contributed by atoms with Gasteiger partial charge in [-0.2, -0.15) is 9.73 Å². The van der Waals surface area contributed by atoms with Gasteiger partial charge in [0.15, 0.2) is 17.3 Å². The highest BCUT2D eigenvalue weighted by Crippen LogP contribution is 2.41. The van der Waals surface area contributed by atoms with E-state index < -0.39 is 10.0 Å². The lowest BCUT2D eigenvalue weighted by atomic mass is 9.87. The average Bonchev–Trinajstić information content (AvgIpc) is 4.05. The van der Waals surface area contributed by atoms with Crippen molar-refractivity contribution in [2.24, 2.45) is 0 Å². The molecule has 3 heterocycles. The topological polar surface area (TPSA) is 128 Å². The number of fused-ring (bicyclic) bond motifs is 1. The first-order chi connectivity index (χ1) is 31.9. The zero-order valence-electron chi connectivity index (χ0n) is 41.9. The Morgan fingerprint density at radius 3 is 1.76 bits per heavy atom. The molecule has 3 aromatic heterocycles. The Morgan fingerprint density at radius 1 is 0.697 bits per heavy atom. The maximum absolute atomic E-state index is 14.7. The molecule has 2 N–H and O–H groups in total. The monoisotopic (exact) mass is 928 g/mol. The lowest BCUT2D eigenvalue weighted by Crippen LogP contribution is -2.19. The van der Waals surface area contributed by atoms with Crippen molar-refractivity contribution in [3.8, 4) is 28.6 Å². The molecular formula is C54H85N7O4S. The van der Waals surface area contributed by atoms with Gasteiger partial charge in [0.2, 0.25) is 5.65 Å². The zero-order chi connectivity index (χ0) is 47.2. The fourth-order valence-electron chi connectivity index (χ4n) is 8.62. The van der Waals surface area contributed by atoms with Crippen LogP contribution in [-0.2, 0) is 15.4 Å². The normalized spacial score (nSPS) is 12.2. The molecule has 12 heteroatoms. The number of sulfonamides is 1. The second-order valence-electron chi connectivity index (χ2n) is 19.9. The summed E-state index contributed by atoms with van der Waals surface area (Å²) >= 11 is 0. The maximum atomic E-state index is 14.7. The Balaban J connectivity index is 1.29. The van der Waals surface area contributed by atoms with Crippen LogP contribution in [0.1, 0.15) is 220 Å². The summed E-state index contributed by atoms with van der Waals surface area (Å²) in [5.41, 5.74) is 4.02. The van der Waals surface area contributed by atoms with Gasteiger partial charge < -0.3 is 9.47 Å². The summed E-state index contributed by atoms with van der Waals surface area (Å²) < 4.78 is 48.8. The van der Waals surface area contributed by atoms with Crippen LogP contribution in [0.5, 0.6) is 11.5 Å². The van der Waals surface area contributed by atoms with E-state index in [-0.39, 0.29) is 22.0 Å². The predicted octanol–water partition coefficient (Wildman–Crippen LogP) is 15.3. The summed E-state index contributed by atoms with van der Waals surface area (Å²) in [4.78, 5) is 4.99. The van der Waals surface area contributed by atoms with Gasteiger partial charge in [0, 0.05) is 23.6 Å². The molecule has 0 atom stereocenters. The fraction of sp³-hybridized carbons (Fsp3) is 0.648.